The second-order valence-corrected chi connectivity index (χ2v) is 6.71. The van der Waals surface area contributed by atoms with E-state index in [9.17, 15) is 4.79 Å². The van der Waals surface area contributed by atoms with Gasteiger partial charge in [0.25, 0.3) is 5.91 Å². The van der Waals surface area contributed by atoms with Crippen molar-refractivity contribution >= 4 is 16.7 Å². The van der Waals surface area contributed by atoms with E-state index in [1.807, 2.05) is 42.5 Å². The monoisotopic (exact) mass is 311 g/mol. The van der Waals surface area contributed by atoms with Crippen LogP contribution in [0.5, 0.6) is 5.75 Å². The zero-order valence-electron chi connectivity index (χ0n) is 13.9. The molecule has 0 aromatic heterocycles. The largest absolute Gasteiger partial charge is 0.483 e. The Morgan fingerprint density at radius 3 is 2.78 bits per heavy atom. The molecule has 0 bridgehead atoms. The minimum atomic E-state index is -0.0242. The van der Waals surface area contributed by atoms with Crippen LogP contribution in [0.4, 0.5) is 0 Å². The lowest BCUT2D eigenvalue weighted by atomic mass is 9.78. The number of amides is 1. The minimum Gasteiger partial charge on any atom is -0.483 e. The quantitative estimate of drug-likeness (QED) is 0.920. The molecule has 3 rings (SSSR count). The number of hydrogen-bond donors (Lipinski definition) is 1. The lowest BCUT2D eigenvalue weighted by Crippen LogP contribution is -2.45. The van der Waals surface area contributed by atoms with Crippen molar-refractivity contribution in [2.24, 2.45) is 11.8 Å². The number of nitrogens with one attached hydrogen (secondary N) is 1. The molecule has 122 valence electrons. The van der Waals surface area contributed by atoms with Crippen molar-refractivity contribution in [3.8, 4) is 5.75 Å². The summed E-state index contributed by atoms with van der Waals surface area (Å²) < 4.78 is 5.77. The molecule has 1 saturated carbocycles. The highest BCUT2D eigenvalue weighted by molar-refractivity contribution is 5.88. The van der Waals surface area contributed by atoms with E-state index in [-0.39, 0.29) is 18.6 Å². The molecule has 0 radical (unpaired) electrons. The normalized spacial score (nSPS) is 24.3. The van der Waals surface area contributed by atoms with E-state index in [2.05, 4.69) is 19.2 Å². The van der Waals surface area contributed by atoms with Crippen LogP contribution < -0.4 is 10.1 Å². The molecule has 1 amide bonds. The molecule has 0 aliphatic heterocycles. The second-order valence-electron chi connectivity index (χ2n) is 6.71. The fraction of sp³-hybridized carbons (Fsp3) is 0.450. The number of carbonyl (C=O) groups is 1. The lowest BCUT2D eigenvalue weighted by molar-refractivity contribution is -0.124. The van der Waals surface area contributed by atoms with Crippen LogP contribution in [-0.2, 0) is 4.79 Å². The summed E-state index contributed by atoms with van der Waals surface area (Å²) in [6, 6.07) is 14.3. The molecular weight excluding hydrogens is 286 g/mol. The number of rotatable bonds is 4. The molecular formula is C20H25NO2. The van der Waals surface area contributed by atoms with Crippen molar-refractivity contribution in [2.75, 3.05) is 6.61 Å². The first-order valence-corrected chi connectivity index (χ1v) is 8.55. The Morgan fingerprint density at radius 2 is 1.91 bits per heavy atom. The van der Waals surface area contributed by atoms with Crippen LogP contribution in [-0.4, -0.2) is 18.6 Å². The van der Waals surface area contributed by atoms with Crippen LogP contribution in [0.15, 0.2) is 42.5 Å². The molecule has 1 aliphatic rings. The van der Waals surface area contributed by atoms with Gasteiger partial charge in [-0.1, -0.05) is 63.1 Å². The molecule has 2 aromatic carbocycles. The molecule has 0 unspecified atom stereocenters. The first kappa shape index (κ1) is 15.9. The fourth-order valence-electron chi connectivity index (χ4n) is 3.50. The highest BCUT2D eigenvalue weighted by Gasteiger charge is 2.28. The fourth-order valence-corrected chi connectivity index (χ4v) is 3.50. The average molecular weight is 311 g/mol. The average Bonchev–Trinajstić information content (AvgIpc) is 2.57. The van der Waals surface area contributed by atoms with Crippen LogP contribution in [0.3, 0.4) is 0 Å². The van der Waals surface area contributed by atoms with Crippen LogP contribution >= 0.6 is 0 Å². The summed E-state index contributed by atoms with van der Waals surface area (Å²) in [5.41, 5.74) is 0. The zero-order valence-corrected chi connectivity index (χ0v) is 13.9. The molecule has 3 atom stereocenters. The third-order valence-corrected chi connectivity index (χ3v) is 5.16. The van der Waals surface area contributed by atoms with Gasteiger partial charge in [0.2, 0.25) is 0 Å². The summed E-state index contributed by atoms with van der Waals surface area (Å²) in [6.07, 6.45) is 3.53. The number of ether oxygens (including phenoxy) is 1. The van der Waals surface area contributed by atoms with Crippen LogP contribution in [0, 0.1) is 11.8 Å². The summed E-state index contributed by atoms with van der Waals surface area (Å²) in [5.74, 6) is 1.95. The third-order valence-electron chi connectivity index (χ3n) is 5.16. The molecule has 3 heteroatoms. The van der Waals surface area contributed by atoms with Gasteiger partial charge in [-0.3, -0.25) is 4.79 Å². The van der Waals surface area contributed by atoms with Gasteiger partial charge in [0.05, 0.1) is 0 Å². The molecule has 3 nitrogen and oxygen atoms in total. The van der Waals surface area contributed by atoms with Crippen molar-refractivity contribution in [3.05, 3.63) is 42.5 Å². The molecule has 23 heavy (non-hydrogen) atoms. The summed E-state index contributed by atoms with van der Waals surface area (Å²) in [5, 5.41) is 5.32. The van der Waals surface area contributed by atoms with E-state index >= 15 is 0 Å². The van der Waals surface area contributed by atoms with Crippen molar-refractivity contribution in [1.82, 2.24) is 5.32 Å². The van der Waals surface area contributed by atoms with Crippen molar-refractivity contribution in [3.63, 3.8) is 0 Å². The van der Waals surface area contributed by atoms with Gasteiger partial charge in [-0.2, -0.15) is 0 Å². The van der Waals surface area contributed by atoms with Gasteiger partial charge in [0.1, 0.15) is 5.75 Å². The summed E-state index contributed by atoms with van der Waals surface area (Å²) in [7, 11) is 0. The SMILES string of the molecule is C[C@@H]1[C@@H](C)CCC[C@H]1NC(=O)COc1cccc2ccccc12. The molecule has 1 aliphatic carbocycles. The van der Waals surface area contributed by atoms with Gasteiger partial charge in [-0.25, -0.2) is 0 Å². The van der Waals surface area contributed by atoms with Gasteiger partial charge in [0.15, 0.2) is 6.61 Å². The van der Waals surface area contributed by atoms with E-state index < -0.39 is 0 Å². The van der Waals surface area contributed by atoms with Crippen molar-refractivity contribution in [2.45, 2.75) is 39.2 Å². The van der Waals surface area contributed by atoms with Gasteiger partial charge in [-0.05, 0) is 29.7 Å². The highest BCUT2D eigenvalue weighted by Crippen LogP contribution is 2.29. The number of carbonyl (C=O) groups excluding carboxylic acids is 1. The minimum absolute atomic E-state index is 0.0242. The zero-order chi connectivity index (χ0) is 16.2. The van der Waals surface area contributed by atoms with E-state index in [0.717, 1.165) is 22.9 Å². The first-order chi connectivity index (χ1) is 11.1. The Kier molecular flexibility index (Phi) is 4.85. The molecule has 2 aromatic rings. The molecule has 0 heterocycles. The van der Waals surface area contributed by atoms with Crippen molar-refractivity contribution < 1.29 is 9.53 Å². The summed E-state index contributed by atoms with van der Waals surface area (Å²) in [4.78, 5) is 12.2. The lowest BCUT2D eigenvalue weighted by Gasteiger charge is -2.34. The molecule has 1 N–H and O–H groups in total. The van der Waals surface area contributed by atoms with E-state index in [0.29, 0.717) is 11.8 Å². The van der Waals surface area contributed by atoms with Crippen LogP contribution in [0.1, 0.15) is 33.1 Å². The Labute approximate surface area is 138 Å². The van der Waals surface area contributed by atoms with Crippen molar-refractivity contribution in [1.29, 1.82) is 0 Å². The van der Waals surface area contributed by atoms with E-state index in [1.165, 1.54) is 12.8 Å². The number of fused-ring (bicyclic) bond motifs is 1. The van der Waals surface area contributed by atoms with Gasteiger partial charge >= 0.3 is 0 Å². The standard InChI is InChI=1S/C20H25NO2/c1-14-7-5-11-18(15(14)2)21-20(22)13-23-19-12-6-9-16-8-3-4-10-17(16)19/h3-4,6,8-10,12,14-15,18H,5,7,11,13H2,1-2H3,(H,21,22)/t14-,15+,18+/m0/s1. The maximum atomic E-state index is 12.2. The summed E-state index contributed by atoms with van der Waals surface area (Å²) in [6.45, 7) is 4.58. The number of hydrogen-bond acceptors (Lipinski definition) is 2. The third kappa shape index (κ3) is 3.66. The molecule has 0 saturated heterocycles. The molecule has 0 spiro atoms. The van der Waals surface area contributed by atoms with Gasteiger partial charge < -0.3 is 10.1 Å². The van der Waals surface area contributed by atoms with E-state index in [1.54, 1.807) is 0 Å². The smallest absolute Gasteiger partial charge is 0.258 e. The van der Waals surface area contributed by atoms with E-state index in [4.69, 9.17) is 4.74 Å². The van der Waals surface area contributed by atoms with Crippen LogP contribution in [0.2, 0.25) is 0 Å². The molecule has 1 fully saturated rings. The Bertz CT molecular complexity index is 677. The summed E-state index contributed by atoms with van der Waals surface area (Å²) >= 11 is 0. The topological polar surface area (TPSA) is 38.3 Å². The van der Waals surface area contributed by atoms with Gasteiger partial charge in [-0.15, -0.1) is 0 Å². The number of benzene rings is 2. The van der Waals surface area contributed by atoms with Gasteiger partial charge in [0, 0.05) is 11.4 Å². The Balaban J connectivity index is 1.60. The maximum absolute atomic E-state index is 12.2. The van der Waals surface area contributed by atoms with Crippen LogP contribution in [0.25, 0.3) is 10.8 Å². The highest BCUT2D eigenvalue weighted by atomic mass is 16.5. The predicted octanol–water partition coefficient (Wildman–Crippen LogP) is 4.16. The Morgan fingerprint density at radius 1 is 1.13 bits per heavy atom. The maximum Gasteiger partial charge on any atom is 0.258 e. The predicted molar refractivity (Wildman–Crippen MR) is 93.6 cm³/mol. The Hall–Kier alpha value is -2.03. The first-order valence-electron chi connectivity index (χ1n) is 8.55. The second kappa shape index (κ2) is 7.03.